The first-order valence-electron chi connectivity index (χ1n) is 3.33. The normalized spacial score (nSPS) is 11.3. The van der Waals surface area contributed by atoms with Gasteiger partial charge in [-0.05, 0) is 12.1 Å². The number of aromatic nitrogens is 1. The van der Waals surface area contributed by atoms with E-state index in [9.17, 15) is 0 Å². The summed E-state index contributed by atoms with van der Waals surface area (Å²) in [5.74, 6) is 1.29. The third kappa shape index (κ3) is 2.37. The molecule has 0 atom stereocenters. The van der Waals surface area contributed by atoms with Gasteiger partial charge < -0.3 is 4.74 Å². The summed E-state index contributed by atoms with van der Waals surface area (Å²) in [4.78, 5) is 8.06. The molecule has 0 saturated heterocycles. The highest BCUT2D eigenvalue weighted by atomic mass is 16.5. The van der Waals surface area contributed by atoms with Gasteiger partial charge in [0.05, 0.1) is 7.11 Å². The summed E-state index contributed by atoms with van der Waals surface area (Å²) in [6, 6.07) is 5.55. The minimum Gasteiger partial charge on any atom is -0.484 e. The van der Waals surface area contributed by atoms with Crippen LogP contribution in [0.25, 0.3) is 0 Å². The fraction of sp³-hybridized carbons (Fsp3) is 0.250. The Balaban J connectivity index is 2.79. The standard InChI is InChI=1S/C8H10N2O/c1-7(11-2)10-8-5-3-4-6-9-8/h3-6H,1-2H3/b10-7+. The lowest BCUT2D eigenvalue weighted by Gasteiger charge is -1.95. The molecule has 0 aliphatic carbocycles. The molecule has 3 nitrogen and oxygen atoms in total. The van der Waals surface area contributed by atoms with Gasteiger partial charge in [0.2, 0.25) is 0 Å². The van der Waals surface area contributed by atoms with Gasteiger partial charge in [-0.25, -0.2) is 4.98 Å². The van der Waals surface area contributed by atoms with Crippen LogP contribution in [0.1, 0.15) is 6.92 Å². The van der Waals surface area contributed by atoms with Crippen LogP contribution < -0.4 is 0 Å². The largest absolute Gasteiger partial charge is 0.484 e. The summed E-state index contributed by atoms with van der Waals surface area (Å²) in [6.07, 6.45) is 1.70. The van der Waals surface area contributed by atoms with Crippen molar-refractivity contribution in [3.05, 3.63) is 24.4 Å². The second-order valence-corrected chi connectivity index (χ2v) is 2.02. The van der Waals surface area contributed by atoms with E-state index in [-0.39, 0.29) is 0 Å². The van der Waals surface area contributed by atoms with Crippen molar-refractivity contribution in [2.45, 2.75) is 6.92 Å². The molecule has 1 aromatic heterocycles. The van der Waals surface area contributed by atoms with E-state index in [0.717, 1.165) is 0 Å². The Morgan fingerprint density at radius 2 is 2.36 bits per heavy atom. The molecule has 0 radical (unpaired) electrons. The molecule has 0 bridgehead atoms. The lowest BCUT2D eigenvalue weighted by atomic mass is 10.5. The summed E-state index contributed by atoms with van der Waals surface area (Å²) < 4.78 is 4.86. The van der Waals surface area contributed by atoms with Crippen LogP contribution in [0, 0.1) is 0 Å². The third-order valence-electron chi connectivity index (χ3n) is 1.22. The lowest BCUT2D eigenvalue weighted by molar-refractivity contribution is 0.400. The molecule has 0 aliphatic rings. The number of rotatable bonds is 1. The SMILES string of the molecule is CO/C(C)=N/c1ccccn1. The molecule has 0 saturated carbocycles. The van der Waals surface area contributed by atoms with Gasteiger partial charge in [0, 0.05) is 13.1 Å². The van der Waals surface area contributed by atoms with Crippen LogP contribution in [-0.2, 0) is 4.74 Å². The van der Waals surface area contributed by atoms with Crippen LogP contribution in [0.4, 0.5) is 5.82 Å². The number of pyridine rings is 1. The second-order valence-electron chi connectivity index (χ2n) is 2.02. The van der Waals surface area contributed by atoms with Crippen molar-refractivity contribution in [3.63, 3.8) is 0 Å². The number of ether oxygens (including phenoxy) is 1. The number of methoxy groups -OCH3 is 1. The highest BCUT2D eigenvalue weighted by Gasteiger charge is 1.89. The molecule has 1 aromatic rings. The Morgan fingerprint density at radius 3 is 2.91 bits per heavy atom. The van der Waals surface area contributed by atoms with E-state index in [1.165, 1.54) is 0 Å². The van der Waals surface area contributed by atoms with Crippen LogP contribution in [0.2, 0.25) is 0 Å². The van der Waals surface area contributed by atoms with Gasteiger partial charge in [-0.3, -0.25) is 0 Å². The fourth-order valence-electron chi connectivity index (χ4n) is 0.627. The van der Waals surface area contributed by atoms with E-state index in [0.29, 0.717) is 11.7 Å². The van der Waals surface area contributed by atoms with Crippen LogP contribution in [0.5, 0.6) is 0 Å². The Morgan fingerprint density at radius 1 is 1.55 bits per heavy atom. The van der Waals surface area contributed by atoms with E-state index in [2.05, 4.69) is 9.98 Å². The average molecular weight is 150 g/mol. The molecule has 1 rings (SSSR count). The summed E-state index contributed by atoms with van der Waals surface area (Å²) >= 11 is 0. The zero-order chi connectivity index (χ0) is 8.10. The summed E-state index contributed by atoms with van der Waals surface area (Å²) in [5, 5.41) is 0. The molecule has 3 heteroatoms. The van der Waals surface area contributed by atoms with Crippen molar-refractivity contribution >= 4 is 11.7 Å². The molecule has 0 spiro atoms. The van der Waals surface area contributed by atoms with E-state index in [4.69, 9.17) is 4.74 Å². The van der Waals surface area contributed by atoms with Crippen molar-refractivity contribution in [2.24, 2.45) is 4.99 Å². The molecule has 11 heavy (non-hydrogen) atoms. The molecule has 58 valence electrons. The average Bonchev–Trinajstić information content (AvgIpc) is 2.06. The van der Waals surface area contributed by atoms with Crippen LogP contribution in [0.15, 0.2) is 29.4 Å². The van der Waals surface area contributed by atoms with Crippen molar-refractivity contribution in [1.29, 1.82) is 0 Å². The first kappa shape index (κ1) is 7.72. The molecule has 0 fully saturated rings. The number of nitrogens with zero attached hydrogens (tertiary/aromatic N) is 2. The lowest BCUT2D eigenvalue weighted by Crippen LogP contribution is -1.92. The van der Waals surface area contributed by atoms with Crippen LogP contribution in [0.3, 0.4) is 0 Å². The third-order valence-corrected chi connectivity index (χ3v) is 1.22. The second kappa shape index (κ2) is 3.71. The predicted molar refractivity (Wildman–Crippen MR) is 44.0 cm³/mol. The Bertz CT molecular complexity index is 244. The Hall–Kier alpha value is -1.38. The number of aliphatic imine (C=N–C) groups is 1. The topological polar surface area (TPSA) is 34.5 Å². The van der Waals surface area contributed by atoms with E-state index in [1.54, 1.807) is 20.2 Å². The minimum atomic E-state index is 0.615. The quantitative estimate of drug-likeness (QED) is 0.451. The van der Waals surface area contributed by atoms with Crippen molar-refractivity contribution in [3.8, 4) is 0 Å². The van der Waals surface area contributed by atoms with Gasteiger partial charge in [0.15, 0.2) is 11.7 Å². The van der Waals surface area contributed by atoms with Crippen molar-refractivity contribution < 1.29 is 4.74 Å². The highest BCUT2D eigenvalue weighted by Crippen LogP contribution is 2.04. The summed E-state index contributed by atoms with van der Waals surface area (Å²) in [5.41, 5.74) is 0. The molecule has 0 aromatic carbocycles. The molecule has 0 unspecified atom stereocenters. The Kier molecular flexibility index (Phi) is 2.60. The van der Waals surface area contributed by atoms with Gasteiger partial charge >= 0.3 is 0 Å². The smallest absolute Gasteiger partial charge is 0.186 e. The summed E-state index contributed by atoms with van der Waals surface area (Å²) in [6.45, 7) is 1.79. The molecule has 0 N–H and O–H groups in total. The van der Waals surface area contributed by atoms with Gasteiger partial charge in [-0.1, -0.05) is 6.07 Å². The number of hydrogen-bond donors (Lipinski definition) is 0. The maximum absolute atomic E-state index is 4.86. The zero-order valence-corrected chi connectivity index (χ0v) is 6.61. The molecule has 0 aliphatic heterocycles. The van der Waals surface area contributed by atoms with Crippen molar-refractivity contribution in [2.75, 3.05) is 7.11 Å². The van der Waals surface area contributed by atoms with Crippen LogP contribution in [-0.4, -0.2) is 18.0 Å². The summed E-state index contributed by atoms with van der Waals surface area (Å²) in [7, 11) is 1.59. The highest BCUT2D eigenvalue weighted by molar-refractivity contribution is 5.75. The Labute approximate surface area is 65.8 Å². The molecular weight excluding hydrogens is 140 g/mol. The van der Waals surface area contributed by atoms with Gasteiger partial charge in [0.1, 0.15) is 0 Å². The van der Waals surface area contributed by atoms with Crippen molar-refractivity contribution in [1.82, 2.24) is 4.98 Å². The predicted octanol–water partition coefficient (Wildman–Crippen LogP) is 1.78. The molecule has 1 heterocycles. The van der Waals surface area contributed by atoms with Crippen LogP contribution >= 0.6 is 0 Å². The maximum atomic E-state index is 4.86. The van der Waals surface area contributed by atoms with Gasteiger partial charge in [0.25, 0.3) is 0 Å². The maximum Gasteiger partial charge on any atom is 0.186 e. The van der Waals surface area contributed by atoms with E-state index < -0.39 is 0 Å². The van der Waals surface area contributed by atoms with E-state index >= 15 is 0 Å². The zero-order valence-electron chi connectivity index (χ0n) is 6.61. The van der Waals surface area contributed by atoms with E-state index in [1.807, 2.05) is 18.2 Å². The first-order chi connectivity index (χ1) is 5.33. The fourth-order valence-corrected chi connectivity index (χ4v) is 0.627. The van der Waals surface area contributed by atoms with Gasteiger partial charge in [-0.2, -0.15) is 4.99 Å². The van der Waals surface area contributed by atoms with Gasteiger partial charge in [-0.15, -0.1) is 0 Å². The minimum absolute atomic E-state index is 0.615. The first-order valence-corrected chi connectivity index (χ1v) is 3.33. The molecular formula is C8H10N2O. The monoisotopic (exact) mass is 150 g/mol. The number of hydrogen-bond acceptors (Lipinski definition) is 3. The molecule has 0 amide bonds.